The van der Waals surface area contributed by atoms with E-state index in [1.54, 1.807) is 7.11 Å². The average molecular weight is 344 g/mol. The zero-order valence-corrected chi connectivity index (χ0v) is 15.0. The Labute approximate surface area is 147 Å². The van der Waals surface area contributed by atoms with Gasteiger partial charge in [-0.15, -0.1) is 0 Å². The SMILES string of the molecule is COc1ccc(OCCNc2ncc(C(=O)NC(C)(C)C)cn2)cc1. The maximum atomic E-state index is 12.0. The minimum Gasteiger partial charge on any atom is -0.497 e. The Kier molecular flexibility index (Phi) is 6.16. The van der Waals surface area contributed by atoms with Crippen molar-refractivity contribution in [3.8, 4) is 11.5 Å². The van der Waals surface area contributed by atoms with Crippen molar-refractivity contribution < 1.29 is 14.3 Å². The number of amides is 1. The van der Waals surface area contributed by atoms with E-state index in [1.165, 1.54) is 12.4 Å². The first-order chi connectivity index (χ1) is 11.9. The highest BCUT2D eigenvalue weighted by molar-refractivity contribution is 5.94. The van der Waals surface area contributed by atoms with E-state index < -0.39 is 0 Å². The highest BCUT2D eigenvalue weighted by atomic mass is 16.5. The van der Waals surface area contributed by atoms with E-state index in [1.807, 2.05) is 45.0 Å². The second-order valence-corrected chi connectivity index (χ2v) is 6.45. The molecular formula is C18H24N4O3. The molecule has 0 aliphatic rings. The van der Waals surface area contributed by atoms with Gasteiger partial charge in [-0.25, -0.2) is 9.97 Å². The van der Waals surface area contributed by atoms with Crippen molar-refractivity contribution in [1.29, 1.82) is 0 Å². The fourth-order valence-corrected chi connectivity index (χ4v) is 1.95. The van der Waals surface area contributed by atoms with Crippen LogP contribution >= 0.6 is 0 Å². The molecule has 2 aromatic rings. The summed E-state index contributed by atoms with van der Waals surface area (Å²) >= 11 is 0. The van der Waals surface area contributed by atoms with E-state index in [9.17, 15) is 4.79 Å². The monoisotopic (exact) mass is 344 g/mol. The van der Waals surface area contributed by atoms with E-state index in [0.717, 1.165) is 11.5 Å². The predicted molar refractivity (Wildman–Crippen MR) is 96.2 cm³/mol. The van der Waals surface area contributed by atoms with Gasteiger partial charge in [-0.3, -0.25) is 4.79 Å². The molecule has 1 amide bonds. The number of hydrogen-bond acceptors (Lipinski definition) is 6. The van der Waals surface area contributed by atoms with Crippen LogP contribution in [0, 0.1) is 0 Å². The van der Waals surface area contributed by atoms with Crippen molar-refractivity contribution in [2.45, 2.75) is 26.3 Å². The lowest BCUT2D eigenvalue weighted by Gasteiger charge is -2.20. The molecule has 25 heavy (non-hydrogen) atoms. The van der Waals surface area contributed by atoms with Crippen molar-refractivity contribution >= 4 is 11.9 Å². The van der Waals surface area contributed by atoms with Crippen LogP contribution < -0.4 is 20.1 Å². The summed E-state index contributed by atoms with van der Waals surface area (Å²) in [5.41, 5.74) is 0.127. The lowest BCUT2D eigenvalue weighted by atomic mass is 10.1. The van der Waals surface area contributed by atoms with Crippen molar-refractivity contribution in [2.24, 2.45) is 0 Å². The van der Waals surface area contributed by atoms with Crippen molar-refractivity contribution in [2.75, 3.05) is 25.6 Å². The molecule has 0 atom stereocenters. The maximum absolute atomic E-state index is 12.0. The van der Waals surface area contributed by atoms with Gasteiger partial charge in [0.2, 0.25) is 5.95 Å². The molecule has 0 fully saturated rings. The third-order valence-corrected chi connectivity index (χ3v) is 3.12. The quantitative estimate of drug-likeness (QED) is 0.751. The molecule has 0 unspecified atom stereocenters. The minimum atomic E-state index is -0.299. The Bertz CT molecular complexity index is 679. The lowest BCUT2D eigenvalue weighted by molar-refractivity contribution is 0.0919. The number of methoxy groups -OCH3 is 1. The van der Waals surface area contributed by atoms with E-state index >= 15 is 0 Å². The van der Waals surface area contributed by atoms with Crippen molar-refractivity contribution in [3.63, 3.8) is 0 Å². The van der Waals surface area contributed by atoms with Crippen molar-refractivity contribution in [3.05, 3.63) is 42.2 Å². The van der Waals surface area contributed by atoms with Gasteiger partial charge >= 0.3 is 0 Å². The molecule has 1 heterocycles. The van der Waals surface area contributed by atoms with E-state index in [-0.39, 0.29) is 11.4 Å². The largest absolute Gasteiger partial charge is 0.497 e. The highest BCUT2D eigenvalue weighted by Gasteiger charge is 2.15. The van der Waals surface area contributed by atoms with Gasteiger partial charge in [0.05, 0.1) is 19.2 Å². The first-order valence-electron chi connectivity index (χ1n) is 8.03. The van der Waals surface area contributed by atoms with Gasteiger partial charge in [-0.1, -0.05) is 0 Å². The minimum absolute atomic E-state index is 0.193. The zero-order valence-electron chi connectivity index (χ0n) is 15.0. The zero-order chi connectivity index (χ0) is 18.3. The first-order valence-corrected chi connectivity index (χ1v) is 8.03. The number of benzene rings is 1. The molecule has 0 radical (unpaired) electrons. The summed E-state index contributed by atoms with van der Waals surface area (Å²) in [7, 11) is 1.62. The Balaban J connectivity index is 1.76. The number of nitrogens with zero attached hydrogens (tertiary/aromatic N) is 2. The Morgan fingerprint density at radius 1 is 1.08 bits per heavy atom. The van der Waals surface area contributed by atoms with Gasteiger partial charge < -0.3 is 20.1 Å². The summed E-state index contributed by atoms with van der Waals surface area (Å²) < 4.78 is 10.7. The molecule has 1 aromatic carbocycles. The number of anilines is 1. The van der Waals surface area contributed by atoms with Gasteiger partial charge in [-0.2, -0.15) is 0 Å². The summed E-state index contributed by atoms with van der Waals surface area (Å²) in [6, 6.07) is 7.37. The number of carbonyl (C=O) groups is 1. The number of rotatable bonds is 7. The van der Waals surface area contributed by atoms with Gasteiger partial charge in [-0.05, 0) is 45.0 Å². The fourth-order valence-electron chi connectivity index (χ4n) is 1.95. The topological polar surface area (TPSA) is 85.4 Å². The molecule has 7 nitrogen and oxygen atoms in total. The standard InChI is InChI=1S/C18H24N4O3/c1-18(2,3)22-16(23)13-11-20-17(21-12-13)19-9-10-25-15-7-5-14(24-4)6-8-15/h5-8,11-12H,9-10H2,1-4H3,(H,22,23)(H,19,20,21). The van der Waals surface area contributed by atoms with Gasteiger partial charge in [0, 0.05) is 17.9 Å². The summed E-state index contributed by atoms with van der Waals surface area (Å²) in [6.07, 6.45) is 3.00. The van der Waals surface area contributed by atoms with Crippen LogP contribution in [-0.2, 0) is 0 Å². The second-order valence-electron chi connectivity index (χ2n) is 6.45. The molecule has 0 saturated heterocycles. The molecule has 0 saturated carbocycles. The molecule has 0 spiro atoms. The lowest BCUT2D eigenvalue weighted by Crippen LogP contribution is -2.40. The molecule has 134 valence electrons. The fraction of sp³-hybridized carbons (Fsp3) is 0.389. The van der Waals surface area contributed by atoms with Crippen LogP contribution in [0.15, 0.2) is 36.7 Å². The van der Waals surface area contributed by atoms with Gasteiger partial charge in [0.15, 0.2) is 0 Å². The molecular weight excluding hydrogens is 320 g/mol. The third kappa shape index (κ3) is 6.29. The van der Waals surface area contributed by atoms with Crippen LogP contribution in [0.4, 0.5) is 5.95 Å². The molecule has 0 bridgehead atoms. The Hall–Kier alpha value is -2.83. The van der Waals surface area contributed by atoms with Crippen LogP contribution in [0.25, 0.3) is 0 Å². The summed E-state index contributed by atoms with van der Waals surface area (Å²) in [6.45, 7) is 6.76. The molecule has 2 N–H and O–H groups in total. The summed E-state index contributed by atoms with van der Waals surface area (Å²) in [5, 5.41) is 5.91. The van der Waals surface area contributed by atoms with Crippen LogP contribution in [0.1, 0.15) is 31.1 Å². The Morgan fingerprint density at radius 2 is 1.68 bits per heavy atom. The van der Waals surface area contributed by atoms with E-state index in [2.05, 4.69) is 20.6 Å². The first kappa shape index (κ1) is 18.5. The number of hydrogen-bond donors (Lipinski definition) is 2. The van der Waals surface area contributed by atoms with E-state index in [4.69, 9.17) is 9.47 Å². The predicted octanol–water partition coefficient (Wildman–Crippen LogP) is 2.50. The van der Waals surface area contributed by atoms with E-state index in [0.29, 0.717) is 24.7 Å². The maximum Gasteiger partial charge on any atom is 0.254 e. The number of carbonyl (C=O) groups excluding carboxylic acids is 1. The Morgan fingerprint density at radius 3 is 2.24 bits per heavy atom. The van der Waals surface area contributed by atoms with Crippen LogP contribution in [0.3, 0.4) is 0 Å². The number of nitrogens with one attached hydrogen (secondary N) is 2. The van der Waals surface area contributed by atoms with Crippen LogP contribution in [0.2, 0.25) is 0 Å². The molecule has 1 aromatic heterocycles. The molecule has 0 aliphatic heterocycles. The van der Waals surface area contributed by atoms with Crippen molar-refractivity contribution in [1.82, 2.24) is 15.3 Å². The number of aromatic nitrogens is 2. The van der Waals surface area contributed by atoms with Gasteiger partial charge in [0.25, 0.3) is 5.91 Å². The van der Waals surface area contributed by atoms with Crippen LogP contribution in [0.5, 0.6) is 11.5 Å². The number of ether oxygens (including phenoxy) is 2. The molecule has 7 heteroatoms. The smallest absolute Gasteiger partial charge is 0.254 e. The third-order valence-electron chi connectivity index (χ3n) is 3.12. The average Bonchev–Trinajstić information content (AvgIpc) is 2.58. The molecule has 0 aliphatic carbocycles. The summed E-state index contributed by atoms with van der Waals surface area (Å²) in [4.78, 5) is 20.3. The normalized spacial score (nSPS) is 10.9. The van der Waals surface area contributed by atoms with Gasteiger partial charge in [0.1, 0.15) is 18.1 Å². The molecule has 2 rings (SSSR count). The highest BCUT2D eigenvalue weighted by Crippen LogP contribution is 2.16. The summed E-state index contributed by atoms with van der Waals surface area (Å²) in [5.74, 6) is 1.81. The van der Waals surface area contributed by atoms with Crippen LogP contribution in [-0.4, -0.2) is 41.7 Å². The second kappa shape index (κ2) is 8.32.